The second-order valence-corrected chi connectivity index (χ2v) is 4.48. The van der Waals surface area contributed by atoms with Crippen molar-refractivity contribution in [2.45, 2.75) is 71.2 Å². The van der Waals surface area contributed by atoms with Gasteiger partial charge in [-0.05, 0) is 33.6 Å². The molecule has 3 nitrogen and oxygen atoms in total. The number of hydrogen-bond acceptors (Lipinski definition) is 3. The van der Waals surface area contributed by atoms with Crippen LogP contribution in [0.15, 0.2) is 0 Å². The molecule has 2 N–H and O–H groups in total. The van der Waals surface area contributed by atoms with Crippen LogP contribution in [0.3, 0.4) is 0 Å². The van der Waals surface area contributed by atoms with Gasteiger partial charge < -0.3 is 14.9 Å². The predicted octanol–water partition coefficient (Wildman–Crippen LogP) is 2.10. The molecule has 1 rings (SSSR count). The van der Waals surface area contributed by atoms with E-state index in [2.05, 4.69) is 13.8 Å². The molecule has 1 atom stereocenters. The Labute approximate surface area is 93.5 Å². The Morgan fingerprint density at radius 3 is 1.93 bits per heavy atom. The van der Waals surface area contributed by atoms with Crippen molar-refractivity contribution in [3.8, 4) is 0 Å². The molecule has 0 radical (unpaired) electrons. The molecule has 1 unspecified atom stereocenters. The first-order valence-corrected chi connectivity index (χ1v) is 6.00. The van der Waals surface area contributed by atoms with Crippen LogP contribution in [-0.4, -0.2) is 35.1 Å². The van der Waals surface area contributed by atoms with E-state index in [-0.39, 0.29) is 6.61 Å². The highest BCUT2D eigenvalue weighted by Gasteiger charge is 2.14. The SMILES string of the molecule is CC(C)OC1CCCCC1.CC(O)CO. The number of aliphatic hydroxyl groups is 2. The predicted molar refractivity (Wildman–Crippen MR) is 61.9 cm³/mol. The molecule has 1 saturated carbocycles. The van der Waals surface area contributed by atoms with Crippen molar-refractivity contribution in [1.82, 2.24) is 0 Å². The van der Waals surface area contributed by atoms with Gasteiger partial charge in [-0.25, -0.2) is 0 Å². The van der Waals surface area contributed by atoms with Crippen molar-refractivity contribution in [3.63, 3.8) is 0 Å². The van der Waals surface area contributed by atoms with Gasteiger partial charge in [-0.15, -0.1) is 0 Å². The first-order valence-electron chi connectivity index (χ1n) is 6.00. The lowest BCUT2D eigenvalue weighted by atomic mass is 9.98. The van der Waals surface area contributed by atoms with Gasteiger partial charge in [0.25, 0.3) is 0 Å². The van der Waals surface area contributed by atoms with E-state index in [4.69, 9.17) is 14.9 Å². The molecule has 0 spiro atoms. The summed E-state index contributed by atoms with van der Waals surface area (Å²) in [6, 6.07) is 0. The summed E-state index contributed by atoms with van der Waals surface area (Å²) in [5, 5.41) is 16.0. The lowest BCUT2D eigenvalue weighted by Gasteiger charge is -2.23. The molecule has 1 aliphatic carbocycles. The minimum absolute atomic E-state index is 0.139. The molecular weight excluding hydrogens is 192 g/mol. The van der Waals surface area contributed by atoms with Gasteiger partial charge in [-0.3, -0.25) is 0 Å². The van der Waals surface area contributed by atoms with Crippen molar-refractivity contribution >= 4 is 0 Å². The molecule has 0 saturated heterocycles. The van der Waals surface area contributed by atoms with Gasteiger partial charge in [-0.2, -0.15) is 0 Å². The lowest BCUT2D eigenvalue weighted by molar-refractivity contribution is -0.0117. The highest BCUT2D eigenvalue weighted by Crippen LogP contribution is 2.21. The van der Waals surface area contributed by atoms with Crippen LogP contribution in [0.25, 0.3) is 0 Å². The van der Waals surface area contributed by atoms with Gasteiger partial charge in [0.05, 0.1) is 24.9 Å². The van der Waals surface area contributed by atoms with Gasteiger partial charge >= 0.3 is 0 Å². The van der Waals surface area contributed by atoms with E-state index in [1.807, 2.05) is 0 Å². The van der Waals surface area contributed by atoms with Gasteiger partial charge in [0.1, 0.15) is 0 Å². The maximum Gasteiger partial charge on any atom is 0.0742 e. The van der Waals surface area contributed by atoms with Crippen LogP contribution in [0.4, 0.5) is 0 Å². The fourth-order valence-corrected chi connectivity index (χ4v) is 1.59. The highest BCUT2D eigenvalue weighted by molar-refractivity contribution is 4.65. The van der Waals surface area contributed by atoms with Gasteiger partial charge in [-0.1, -0.05) is 19.3 Å². The van der Waals surface area contributed by atoms with E-state index in [1.54, 1.807) is 0 Å². The maximum absolute atomic E-state index is 8.11. The standard InChI is InChI=1S/C9H18O.C3H8O2/c1-8(2)10-9-6-4-3-5-7-9;1-3(5)2-4/h8-9H,3-7H2,1-2H3;3-5H,2H2,1H3. The van der Waals surface area contributed by atoms with Crippen molar-refractivity contribution < 1.29 is 14.9 Å². The van der Waals surface area contributed by atoms with Crippen LogP contribution in [0.2, 0.25) is 0 Å². The molecule has 1 aliphatic rings. The van der Waals surface area contributed by atoms with Gasteiger partial charge in [0.2, 0.25) is 0 Å². The van der Waals surface area contributed by atoms with Crippen molar-refractivity contribution in [2.75, 3.05) is 6.61 Å². The molecule has 1 fully saturated rings. The molecule has 0 heterocycles. The first kappa shape index (κ1) is 14.9. The van der Waals surface area contributed by atoms with Gasteiger partial charge in [0, 0.05) is 0 Å². The Balaban J connectivity index is 0.000000336. The smallest absolute Gasteiger partial charge is 0.0742 e. The summed E-state index contributed by atoms with van der Waals surface area (Å²) < 4.78 is 5.69. The van der Waals surface area contributed by atoms with Crippen LogP contribution >= 0.6 is 0 Å². The Kier molecular flexibility index (Phi) is 9.06. The molecule has 0 aromatic heterocycles. The number of ether oxygens (including phenoxy) is 1. The first-order chi connectivity index (χ1) is 7.06. The topological polar surface area (TPSA) is 49.7 Å². The molecule has 0 amide bonds. The summed E-state index contributed by atoms with van der Waals surface area (Å²) in [7, 11) is 0. The molecule has 0 aliphatic heterocycles. The molecule has 0 bridgehead atoms. The van der Waals surface area contributed by atoms with E-state index in [9.17, 15) is 0 Å². The molecule has 0 aromatic rings. The fourth-order valence-electron chi connectivity index (χ4n) is 1.59. The molecule has 92 valence electrons. The van der Waals surface area contributed by atoms with Crippen LogP contribution in [0, 0.1) is 0 Å². The molecule has 0 aromatic carbocycles. The number of hydrogen-bond donors (Lipinski definition) is 2. The van der Waals surface area contributed by atoms with Gasteiger partial charge in [0.15, 0.2) is 0 Å². The Morgan fingerprint density at radius 2 is 1.60 bits per heavy atom. The summed E-state index contributed by atoms with van der Waals surface area (Å²) in [6.45, 7) is 5.63. The Morgan fingerprint density at radius 1 is 1.13 bits per heavy atom. The third kappa shape index (κ3) is 10.2. The zero-order chi connectivity index (χ0) is 11.7. The van der Waals surface area contributed by atoms with Crippen molar-refractivity contribution in [3.05, 3.63) is 0 Å². The van der Waals surface area contributed by atoms with Crippen molar-refractivity contribution in [1.29, 1.82) is 0 Å². The molecular formula is C12H26O3. The highest BCUT2D eigenvalue weighted by atomic mass is 16.5. The maximum atomic E-state index is 8.11. The molecule has 3 heteroatoms. The minimum Gasteiger partial charge on any atom is -0.394 e. The zero-order valence-electron chi connectivity index (χ0n) is 10.3. The average Bonchev–Trinajstić information content (AvgIpc) is 2.19. The van der Waals surface area contributed by atoms with E-state index in [0.717, 1.165) is 0 Å². The van der Waals surface area contributed by atoms with Crippen LogP contribution < -0.4 is 0 Å². The summed E-state index contributed by atoms with van der Waals surface area (Å²) in [5.41, 5.74) is 0. The number of aliphatic hydroxyl groups excluding tert-OH is 2. The monoisotopic (exact) mass is 218 g/mol. The van der Waals surface area contributed by atoms with Crippen LogP contribution in [0.1, 0.15) is 52.9 Å². The Hall–Kier alpha value is -0.120. The minimum atomic E-state index is -0.560. The fraction of sp³-hybridized carbons (Fsp3) is 1.00. The number of rotatable bonds is 3. The second kappa shape index (κ2) is 9.13. The zero-order valence-corrected chi connectivity index (χ0v) is 10.3. The van der Waals surface area contributed by atoms with Crippen LogP contribution in [-0.2, 0) is 4.74 Å². The largest absolute Gasteiger partial charge is 0.394 e. The van der Waals surface area contributed by atoms with E-state index in [0.29, 0.717) is 12.2 Å². The van der Waals surface area contributed by atoms with Crippen LogP contribution in [0.5, 0.6) is 0 Å². The summed E-state index contributed by atoms with van der Waals surface area (Å²) in [6.07, 6.45) is 7.18. The molecule has 15 heavy (non-hydrogen) atoms. The summed E-state index contributed by atoms with van der Waals surface area (Å²) in [4.78, 5) is 0. The third-order valence-corrected chi connectivity index (χ3v) is 2.28. The normalized spacial score (nSPS) is 19.6. The third-order valence-electron chi connectivity index (χ3n) is 2.28. The van der Waals surface area contributed by atoms with Crippen molar-refractivity contribution in [2.24, 2.45) is 0 Å². The summed E-state index contributed by atoms with van der Waals surface area (Å²) in [5.74, 6) is 0. The lowest BCUT2D eigenvalue weighted by Crippen LogP contribution is -2.20. The average molecular weight is 218 g/mol. The summed E-state index contributed by atoms with van der Waals surface area (Å²) >= 11 is 0. The Bertz CT molecular complexity index is 129. The quantitative estimate of drug-likeness (QED) is 0.762. The van der Waals surface area contributed by atoms with E-state index >= 15 is 0 Å². The second-order valence-electron chi connectivity index (χ2n) is 4.48. The van der Waals surface area contributed by atoms with E-state index in [1.165, 1.54) is 39.0 Å². The van der Waals surface area contributed by atoms with E-state index < -0.39 is 6.10 Å².